The lowest BCUT2D eigenvalue weighted by atomic mass is 9.97. The van der Waals surface area contributed by atoms with Crippen molar-refractivity contribution in [3.63, 3.8) is 0 Å². The van der Waals surface area contributed by atoms with Gasteiger partial charge in [0.05, 0.1) is 24.5 Å². The molecule has 1 aromatic carbocycles. The van der Waals surface area contributed by atoms with E-state index in [-0.39, 0.29) is 11.9 Å². The number of aromatic nitrogens is 3. The van der Waals surface area contributed by atoms with Crippen LogP contribution in [0.3, 0.4) is 0 Å². The van der Waals surface area contributed by atoms with Gasteiger partial charge in [0.2, 0.25) is 0 Å². The molecule has 1 aliphatic heterocycles. The lowest BCUT2D eigenvalue weighted by molar-refractivity contribution is 0.0605. The number of nitrogens with zero attached hydrogens (tertiary/aromatic N) is 4. The molecule has 0 N–H and O–H groups in total. The van der Waals surface area contributed by atoms with Crippen molar-refractivity contribution in [3.8, 4) is 5.75 Å². The summed E-state index contributed by atoms with van der Waals surface area (Å²) in [4.78, 5) is 20.6. The summed E-state index contributed by atoms with van der Waals surface area (Å²) in [6.45, 7) is 4.86. The molecule has 2 aromatic heterocycles. The Balaban J connectivity index is 1.47. The molecule has 0 spiro atoms. The first-order chi connectivity index (χ1) is 15.5. The van der Waals surface area contributed by atoms with E-state index in [0.717, 1.165) is 54.0 Å². The number of piperidine rings is 1. The van der Waals surface area contributed by atoms with Gasteiger partial charge in [0.1, 0.15) is 5.75 Å². The number of hydrogen-bond donors (Lipinski definition) is 0. The topological polar surface area (TPSA) is 59.7 Å². The van der Waals surface area contributed by atoms with E-state index in [9.17, 15) is 4.79 Å². The van der Waals surface area contributed by atoms with Crippen LogP contribution in [0.4, 0.5) is 0 Å². The molecule has 6 nitrogen and oxygen atoms in total. The molecule has 2 aliphatic rings. The third-order valence-electron chi connectivity index (χ3n) is 7.20. The average molecular weight is 433 g/mol. The van der Waals surface area contributed by atoms with E-state index in [1.165, 1.54) is 36.9 Å². The van der Waals surface area contributed by atoms with E-state index >= 15 is 0 Å². The number of benzene rings is 1. The fourth-order valence-corrected chi connectivity index (χ4v) is 5.46. The molecule has 1 unspecified atom stereocenters. The second-order valence-electron chi connectivity index (χ2n) is 9.35. The van der Waals surface area contributed by atoms with E-state index in [2.05, 4.69) is 19.2 Å². The maximum atomic E-state index is 13.5. The van der Waals surface area contributed by atoms with Crippen molar-refractivity contribution in [2.45, 2.75) is 70.8 Å². The highest BCUT2D eigenvalue weighted by Gasteiger charge is 2.31. The van der Waals surface area contributed by atoms with E-state index in [0.29, 0.717) is 5.92 Å². The normalized spacial score (nSPS) is 19.6. The van der Waals surface area contributed by atoms with Crippen LogP contribution in [0.25, 0.3) is 5.65 Å². The first kappa shape index (κ1) is 21.0. The summed E-state index contributed by atoms with van der Waals surface area (Å²) in [5.74, 6) is 1.42. The van der Waals surface area contributed by atoms with Crippen molar-refractivity contribution in [2.24, 2.45) is 0 Å². The third-order valence-corrected chi connectivity index (χ3v) is 7.20. The summed E-state index contributed by atoms with van der Waals surface area (Å²) in [6.07, 6.45) is 10.2. The third kappa shape index (κ3) is 3.76. The quantitative estimate of drug-likeness (QED) is 0.555. The number of likely N-dealkylation sites (tertiary alicyclic amines) is 1. The molecule has 3 aromatic rings. The van der Waals surface area contributed by atoms with E-state index in [1.54, 1.807) is 7.11 Å². The first-order valence-corrected chi connectivity index (χ1v) is 11.9. The van der Waals surface area contributed by atoms with Gasteiger partial charge in [-0.15, -0.1) is 0 Å². The van der Waals surface area contributed by atoms with E-state index in [1.807, 2.05) is 34.5 Å². The smallest absolute Gasteiger partial charge is 0.254 e. The minimum atomic E-state index is -0.0188. The maximum Gasteiger partial charge on any atom is 0.254 e. The molecule has 32 heavy (non-hydrogen) atoms. The minimum Gasteiger partial charge on any atom is -0.497 e. The molecular formula is C26H32N4O2. The average Bonchev–Trinajstić information content (AvgIpc) is 3.47. The Labute approximate surface area is 189 Å². The summed E-state index contributed by atoms with van der Waals surface area (Å²) in [5.41, 5.74) is 5.95. The second-order valence-corrected chi connectivity index (χ2v) is 9.35. The fourth-order valence-electron chi connectivity index (χ4n) is 5.46. The zero-order chi connectivity index (χ0) is 22.2. The van der Waals surface area contributed by atoms with Crippen LogP contribution in [-0.4, -0.2) is 39.1 Å². The maximum absolute atomic E-state index is 13.5. The molecule has 1 saturated carbocycles. The summed E-state index contributed by atoms with van der Waals surface area (Å²) >= 11 is 0. The second kappa shape index (κ2) is 8.57. The highest BCUT2D eigenvalue weighted by molar-refractivity contribution is 5.96. The summed E-state index contributed by atoms with van der Waals surface area (Å²) < 4.78 is 7.21. The van der Waals surface area contributed by atoms with Gasteiger partial charge in [0.15, 0.2) is 5.65 Å². The van der Waals surface area contributed by atoms with Crippen LogP contribution in [0, 0.1) is 13.8 Å². The number of fused-ring (bicyclic) bond motifs is 1. The Morgan fingerprint density at radius 1 is 1.03 bits per heavy atom. The van der Waals surface area contributed by atoms with Crippen LogP contribution in [0.15, 0.2) is 30.5 Å². The Kier molecular flexibility index (Phi) is 5.62. The van der Waals surface area contributed by atoms with Crippen molar-refractivity contribution in [2.75, 3.05) is 13.7 Å². The molecule has 1 saturated heterocycles. The molecule has 0 bridgehead atoms. The molecule has 168 valence electrons. The SMILES string of the molecule is COc1ccc(C(=O)N2CCCCC2c2cc3nc(C4CCCC4)c(C)cn3n2)c(C)c1. The lowest BCUT2D eigenvalue weighted by Gasteiger charge is -2.35. The lowest BCUT2D eigenvalue weighted by Crippen LogP contribution is -2.39. The number of hydrogen-bond acceptors (Lipinski definition) is 4. The predicted octanol–water partition coefficient (Wildman–Crippen LogP) is 5.38. The highest BCUT2D eigenvalue weighted by Crippen LogP contribution is 2.36. The van der Waals surface area contributed by atoms with Crippen LogP contribution in [0.2, 0.25) is 0 Å². The van der Waals surface area contributed by atoms with Gasteiger partial charge in [0, 0.05) is 30.3 Å². The Bertz CT molecular complexity index is 1150. The van der Waals surface area contributed by atoms with Crippen molar-refractivity contribution in [1.82, 2.24) is 19.5 Å². The Hall–Kier alpha value is -2.89. The Morgan fingerprint density at radius 3 is 2.56 bits per heavy atom. The highest BCUT2D eigenvalue weighted by atomic mass is 16.5. The largest absolute Gasteiger partial charge is 0.497 e. The van der Waals surface area contributed by atoms with E-state index < -0.39 is 0 Å². The van der Waals surface area contributed by atoms with Gasteiger partial charge in [-0.3, -0.25) is 4.79 Å². The van der Waals surface area contributed by atoms with Gasteiger partial charge in [-0.25, -0.2) is 9.50 Å². The monoisotopic (exact) mass is 432 g/mol. The van der Waals surface area contributed by atoms with Crippen molar-refractivity contribution >= 4 is 11.6 Å². The van der Waals surface area contributed by atoms with Crippen molar-refractivity contribution < 1.29 is 9.53 Å². The van der Waals surface area contributed by atoms with E-state index in [4.69, 9.17) is 14.8 Å². The molecule has 0 radical (unpaired) electrons. The van der Waals surface area contributed by atoms with Gasteiger partial charge < -0.3 is 9.64 Å². The number of aryl methyl sites for hydroxylation is 2. The number of methoxy groups -OCH3 is 1. The predicted molar refractivity (Wildman–Crippen MR) is 124 cm³/mol. The summed E-state index contributed by atoms with van der Waals surface area (Å²) in [5, 5.41) is 4.88. The van der Waals surface area contributed by atoms with Gasteiger partial charge >= 0.3 is 0 Å². The molecule has 1 amide bonds. The molecule has 1 aliphatic carbocycles. The minimum absolute atomic E-state index is 0.0188. The number of rotatable bonds is 4. The van der Waals surface area contributed by atoms with Gasteiger partial charge in [-0.1, -0.05) is 12.8 Å². The van der Waals surface area contributed by atoms with Crippen molar-refractivity contribution in [3.05, 3.63) is 58.5 Å². The van der Waals surface area contributed by atoms with Gasteiger partial charge in [-0.2, -0.15) is 5.10 Å². The van der Waals surface area contributed by atoms with Crippen LogP contribution in [0.5, 0.6) is 5.75 Å². The van der Waals surface area contributed by atoms with Crippen molar-refractivity contribution in [1.29, 1.82) is 0 Å². The zero-order valence-corrected chi connectivity index (χ0v) is 19.3. The van der Waals surface area contributed by atoms with Crippen LogP contribution >= 0.6 is 0 Å². The molecule has 3 heterocycles. The summed E-state index contributed by atoms with van der Waals surface area (Å²) in [7, 11) is 1.65. The molecular weight excluding hydrogens is 400 g/mol. The Morgan fingerprint density at radius 2 is 1.81 bits per heavy atom. The molecule has 6 heteroatoms. The zero-order valence-electron chi connectivity index (χ0n) is 19.3. The molecule has 2 fully saturated rings. The van der Waals surface area contributed by atoms with Gasteiger partial charge in [0.25, 0.3) is 5.91 Å². The molecule has 5 rings (SSSR count). The number of ether oxygens (including phenoxy) is 1. The van der Waals surface area contributed by atoms with Crippen LogP contribution in [-0.2, 0) is 0 Å². The number of carbonyl (C=O) groups is 1. The van der Waals surface area contributed by atoms with Gasteiger partial charge in [-0.05, 0) is 75.3 Å². The van der Waals surface area contributed by atoms with Crippen LogP contribution < -0.4 is 4.74 Å². The standard InChI is InChI=1S/C26H32N4O2/c1-17-14-20(32-3)11-12-21(17)26(31)29-13-7-6-10-23(29)22-15-24-27-25(19-8-4-5-9-19)18(2)16-30(24)28-22/h11-12,14-16,19,23H,4-10,13H2,1-3H3. The molecule has 1 atom stereocenters. The number of carbonyl (C=O) groups excluding carboxylic acids is 1. The van der Waals surface area contributed by atoms with Crippen LogP contribution in [0.1, 0.15) is 89.8 Å². The fraction of sp³-hybridized carbons (Fsp3) is 0.500. The summed E-state index contributed by atoms with van der Waals surface area (Å²) in [6, 6.07) is 7.74. The first-order valence-electron chi connectivity index (χ1n) is 11.9. The number of amides is 1.